The number of allylic oxidation sites excluding steroid dienone is 1. The average Bonchev–Trinajstić information content (AvgIpc) is 2.85. The maximum atomic E-state index is 12.3. The highest BCUT2D eigenvalue weighted by atomic mass is 16.6. The predicted octanol–water partition coefficient (Wildman–Crippen LogP) is 4.32. The van der Waals surface area contributed by atoms with Crippen LogP contribution in [-0.2, 0) is 11.3 Å². The monoisotopic (exact) mass is 293 g/mol. The molecule has 3 heteroatoms. The molecule has 1 amide bonds. The summed E-state index contributed by atoms with van der Waals surface area (Å²) in [6, 6.07) is 20.0. The molecule has 0 aliphatic carbocycles. The van der Waals surface area contributed by atoms with Gasteiger partial charge >= 0.3 is 6.09 Å². The zero-order valence-corrected chi connectivity index (χ0v) is 12.6. The highest BCUT2D eigenvalue weighted by molar-refractivity contribution is 5.71. The maximum absolute atomic E-state index is 12.3. The Morgan fingerprint density at radius 3 is 2.32 bits per heavy atom. The Balaban J connectivity index is 1.93. The predicted molar refractivity (Wildman–Crippen MR) is 86.3 cm³/mol. The van der Waals surface area contributed by atoms with Crippen LogP contribution in [0.15, 0.2) is 72.8 Å². The molecular weight excluding hydrogens is 274 g/mol. The lowest BCUT2D eigenvalue weighted by molar-refractivity contribution is 0.144. The number of carbonyl (C=O) groups is 1. The minimum absolute atomic E-state index is 0.0925. The first-order chi connectivity index (χ1) is 10.8. The van der Waals surface area contributed by atoms with Crippen molar-refractivity contribution < 1.29 is 9.53 Å². The van der Waals surface area contributed by atoms with Gasteiger partial charge < -0.3 is 4.74 Å². The number of carbonyl (C=O) groups excluding carboxylic acids is 1. The van der Waals surface area contributed by atoms with E-state index in [4.69, 9.17) is 4.74 Å². The van der Waals surface area contributed by atoms with Crippen molar-refractivity contribution in [3.63, 3.8) is 0 Å². The van der Waals surface area contributed by atoms with Gasteiger partial charge in [-0.05, 0) is 24.1 Å². The molecule has 3 nitrogen and oxygen atoms in total. The Morgan fingerprint density at radius 2 is 1.68 bits per heavy atom. The first kappa shape index (κ1) is 14.4. The van der Waals surface area contributed by atoms with E-state index in [0.717, 1.165) is 11.1 Å². The molecule has 0 unspecified atom stereocenters. The van der Waals surface area contributed by atoms with Gasteiger partial charge in [0.05, 0.1) is 0 Å². The van der Waals surface area contributed by atoms with E-state index in [1.165, 1.54) is 0 Å². The van der Waals surface area contributed by atoms with Crippen LogP contribution >= 0.6 is 0 Å². The average molecular weight is 293 g/mol. The van der Waals surface area contributed by atoms with E-state index in [9.17, 15) is 4.79 Å². The van der Waals surface area contributed by atoms with Crippen molar-refractivity contribution in [1.29, 1.82) is 0 Å². The Labute approximate surface area is 130 Å². The quantitative estimate of drug-likeness (QED) is 0.785. The van der Waals surface area contributed by atoms with Crippen LogP contribution in [0.25, 0.3) is 0 Å². The van der Waals surface area contributed by atoms with Gasteiger partial charge in [-0.2, -0.15) is 0 Å². The highest BCUT2D eigenvalue weighted by Gasteiger charge is 2.41. The maximum Gasteiger partial charge on any atom is 0.411 e. The summed E-state index contributed by atoms with van der Waals surface area (Å²) in [6.07, 6.45) is 3.37. The van der Waals surface area contributed by atoms with Gasteiger partial charge in [0.2, 0.25) is 0 Å². The summed E-state index contributed by atoms with van der Waals surface area (Å²) in [5, 5.41) is 0. The molecule has 0 aromatic heterocycles. The van der Waals surface area contributed by atoms with Gasteiger partial charge in [-0.15, -0.1) is 0 Å². The van der Waals surface area contributed by atoms with Crippen LogP contribution in [0.5, 0.6) is 0 Å². The Hall–Kier alpha value is -2.55. The number of benzene rings is 2. The van der Waals surface area contributed by atoms with Gasteiger partial charge in [0.1, 0.15) is 12.1 Å². The molecule has 0 bridgehead atoms. The van der Waals surface area contributed by atoms with E-state index in [2.05, 4.69) is 0 Å². The third kappa shape index (κ3) is 2.89. The zero-order chi connectivity index (χ0) is 15.4. The van der Waals surface area contributed by atoms with Crippen molar-refractivity contribution in [2.45, 2.75) is 25.6 Å². The molecule has 0 radical (unpaired) electrons. The largest absolute Gasteiger partial charge is 0.439 e. The molecule has 3 rings (SSSR count). The van der Waals surface area contributed by atoms with Crippen molar-refractivity contribution in [2.24, 2.45) is 0 Å². The van der Waals surface area contributed by atoms with E-state index < -0.39 is 0 Å². The molecule has 1 heterocycles. The summed E-state index contributed by atoms with van der Waals surface area (Å²) < 4.78 is 5.55. The second kappa shape index (κ2) is 6.48. The molecule has 2 aromatic carbocycles. The SMILES string of the molecule is CC=C[C@H]1OC(=O)N(Cc2ccccc2)[C@H]1c1ccccc1. The topological polar surface area (TPSA) is 29.5 Å². The minimum Gasteiger partial charge on any atom is -0.439 e. The van der Waals surface area contributed by atoms with E-state index in [1.807, 2.05) is 79.7 Å². The van der Waals surface area contributed by atoms with Crippen LogP contribution in [0, 0.1) is 0 Å². The van der Waals surface area contributed by atoms with Crippen LogP contribution in [-0.4, -0.2) is 17.1 Å². The molecule has 1 aliphatic heterocycles. The summed E-state index contributed by atoms with van der Waals surface area (Å²) in [4.78, 5) is 14.1. The number of rotatable bonds is 4. The van der Waals surface area contributed by atoms with Gasteiger partial charge in [0.25, 0.3) is 0 Å². The van der Waals surface area contributed by atoms with Crippen molar-refractivity contribution >= 4 is 6.09 Å². The van der Waals surface area contributed by atoms with E-state index in [0.29, 0.717) is 6.54 Å². The fourth-order valence-corrected chi connectivity index (χ4v) is 2.84. The summed E-state index contributed by atoms with van der Waals surface area (Å²) in [5.74, 6) is 0. The van der Waals surface area contributed by atoms with Crippen LogP contribution < -0.4 is 0 Å². The summed E-state index contributed by atoms with van der Waals surface area (Å²) in [5.41, 5.74) is 2.19. The van der Waals surface area contributed by atoms with Crippen LogP contribution in [0.4, 0.5) is 4.79 Å². The molecule has 2 atom stereocenters. The van der Waals surface area contributed by atoms with Crippen LogP contribution in [0.1, 0.15) is 24.1 Å². The Morgan fingerprint density at radius 1 is 1.05 bits per heavy atom. The normalized spacial score (nSPS) is 21.3. The molecule has 22 heavy (non-hydrogen) atoms. The van der Waals surface area contributed by atoms with Gasteiger partial charge in [-0.3, -0.25) is 4.90 Å². The van der Waals surface area contributed by atoms with E-state index >= 15 is 0 Å². The molecule has 0 saturated carbocycles. The molecule has 1 saturated heterocycles. The lowest BCUT2D eigenvalue weighted by atomic mass is 10.00. The standard InChI is InChI=1S/C19H19NO2/c1-2-9-17-18(16-12-7-4-8-13-16)20(19(21)22-17)14-15-10-5-3-6-11-15/h2-13,17-18H,14H2,1H3/t17-,18+/m1/s1. The minimum atomic E-state index is -0.263. The zero-order valence-electron chi connectivity index (χ0n) is 12.6. The number of hydrogen-bond donors (Lipinski definition) is 0. The smallest absolute Gasteiger partial charge is 0.411 e. The number of cyclic esters (lactones) is 1. The second-order valence-electron chi connectivity index (χ2n) is 5.34. The van der Waals surface area contributed by atoms with Crippen LogP contribution in [0.3, 0.4) is 0 Å². The first-order valence-corrected chi connectivity index (χ1v) is 7.48. The Bertz CT molecular complexity index is 652. The summed E-state index contributed by atoms with van der Waals surface area (Å²) >= 11 is 0. The number of amides is 1. The fraction of sp³-hybridized carbons (Fsp3) is 0.211. The highest BCUT2D eigenvalue weighted by Crippen LogP contribution is 2.35. The molecule has 1 aliphatic rings. The van der Waals surface area contributed by atoms with Crippen molar-refractivity contribution in [2.75, 3.05) is 0 Å². The van der Waals surface area contributed by atoms with Crippen molar-refractivity contribution in [3.05, 3.63) is 83.9 Å². The van der Waals surface area contributed by atoms with Gasteiger partial charge in [0, 0.05) is 6.54 Å². The Kier molecular flexibility index (Phi) is 4.24. The second-order valence-corrected chi connectivity index (χ2v) is 5.34. The molecule has 0 spiro atoms. The van der Waals surface area contributed by atoms with Crippen molar-refractivity contribution in [3.8, 4) is 0 Å². The number of hydrogen-bond acceptors (Lipinski definition) is 2. The van der Waals surface area contributed by atoms with Gasteiger partial charge in [-0.25, -0.2) is 4.79 Å². The van der Waals surface area contributed by atoms with Crippen molar-refractivity contribution in [1.82, 2.24) is 4.90 Å². The number of ether oxygens (including phenoxy) is 1. The summed E-state index contributed by atoms with van der Waals surface area (Å²) in [7, 11) is 0. The van der Waals surface area contributed by atoms with Crippen LogP contribution in [0.2, 0.25) is 0 Å². The summed E-state index contributed by atoms with van der Waals surface area (Å²) in [6.45, 7) is 2.49. The van der Waals surface area contributed by atoms with E-state index in [1.54, 1.807) is 4.90 Å². The van der Waals surface area contributed by atoms with Gasteiger partial charge in [0.15, 0.2) is 0 Å². The lowest BCUT2D eigenvalue weighted by Crippen LogP contribution is -2.28. The molecule has 1 fully saturated rings. The molecule has 0 N–H and O–H groups in total. The molecule has 2 aromatic rings. The third-order valence-electron chi connectivity index (χ3n) is 3.84. The van der Waals surface area contributed by atoms with E-state index in [-0.39, 0.29) is 18.2 Å². The fourth-order valence-electron chi connectivity index (χ4n) is 2.84. The molecule has 112 valence electrons. The first-order valence-electron chi connectivity index (χ1n) is 7.48. The van der Waals surface area contributed by atoms with Gasteiger partial charge in [-0.1, -0.05) is 66.7 Å². The third-order valence-corrected chi connectivity index (χ3v) is 3.84. The number of nitrogens with zero attached hydrogens (tertiary/aromatic N) is 1. The molecular formula is C19H19NO2. The lowest BCUT2D eigenvalue weighted by Gasteiger charge is -2.24.